The van der Waals surface area contributed by atoms with Gasteiger partial charge in [0.2, 0.25) is 0 Å². The van der Waals surface area contributed by atoms with Gasteiger partial charge in [-0.05, 0) is 33.7 Å². The molecule has 0 saturated carbocycles. The van der Waals surface area contributed by atoms with Gasteiger partial charge in [0.15, 0.2) is 0 Å². The first-order valence-corrected chi connectivity index (χ1v) is 8.70. The lowest BCUT2D eigenvalue weighted by Crippen LogP contribution is -1.77. The molecule has 5 rings (SSSR count). The minimum absolute atomic E-state index is 1.40. The second kappa shape index (κ2) is 4.44. The Morgan fingerprint density at radius 3 is 1.50 bits per heavy atom. The van der Waals surface area contributed by atoms with Crippen LogP contribution in [0.25, 0.3) is 41.7 Å². The Balaban J connectivity index is 0.000000509. The average molecular weight is 294 g/mol. The van der Waals surface area contributed by atoms with Gasteiger partial charge in [-0.2, -0.15) is 0 Å². The molecule has 2 aromatic heterocycles. The summed E-state index contributed by atoms with van der Waals surface area (Å²) in [6.07, 6.45) is 0. The van der Waals surface area contributed by atoms with Crippen molar-refractivity contribution < 1.29 is 0 Å². The monoisotopic (exact) mass is 294 g/mol. The van der Waals surface area contributed by atoms with E-state index in [0.29, 0.717) is 0 Å². The highest BCUT2D eigenvalue weighted by Crippen LogP contribution is 2.44. The Morgan fingerprint density at radius 2 is 1.05 bits per heavy atom. The zero-order valence-electron chi connectivity index (χ0n) is 11.4. The summed E-state index contributed by atoms with van der Waals surface area (Å²) in [5.74, 6) is 0. The number of hydrogen-bond acceptors (Lipinski definition) is 2. The van der Waals surface area contributed by atoms with Gasteiger partial charge in [0.25, 0.3) is 0 Å². The van der Waals surface area contributed by atoms with Gasteiger partial charge in [-0.25, -0.2) is 0 Å². The van der Waals surface area contributed by atoms with E-state index in [1.807, 2.05) is 36.5 Å². The molecular weight excluding hydrogens is 280 g/mol. The van der Waals surface area contributed by atoms with E-state index in [2.05, 4.69) is 47.2 Å². The van der Waals surface area contributed by atoms with Crippen molar-refractivity contribution in [1.29, 1.82) is 0 Å². The molecule has 0 nitrogen and oxygen atoms in total. The van der Waals surface area contributed by atoms with Crippen molar-refractivity contribution in [2.45, 2.75) is 13.8 Å². The molecule has 2 heterocycles. The van der Waals surface area contributed by atoms with E-state index < -0.39 is 0 Å². The van der Waals surface area contributed by atoms with Crippen LogP contribution >= 0.6 is 22.7 Å². The van der Waals surface area contributed by atoms with Gasteiger partial charge in [0, 0.05) is 30.9 Å². The van der Waals surface area contributed by atoms with Crippen LogP contribution in [0.3, 0.4) is 0 Å². The van der Waals surface area contributed by atoms with Gasteiger partial charge in [0.05, 0.1) is 0 Å². The van der Waals surface area contributed by atoms with Crippen LogP contribution in [0.15, 0.2) is 47.2 Å². The van der Waals surface area contributed by atoms with Crippen LogP contribution in [-0.4, -0.2) is 0 Å². The number of thiophene rings is 2. The summed E-state index contributed by atoms with van der Waals surface area (Å²) in [6, 6.07) is 13.3. The number of fused-ring (bicyclic) bond motifs is 2. The molecule has 98 valence electrons. The van der Waals surface area contributed by atoms with E-state index >= 15 is 0 Å². The van der Waals surface area contributed by atoms with Crippen molar-refractivity contribution in [2.75, 3.05) is 0 Å². The van der Waals surface area contributed by atoms with E-state index in [9.17, 15) is 0 Å². The Hall–Kier alpha value is -1.64. The van der Waals surface area contributed by atoms with E-state index in [0.717, 1.165) is 0 Å². The van der Waals surface area contributed by atoms with Crippen LogP contribution in [0.5, 0.6) is 0 Å². The summed E-state index contributed by atoms with van der Waals surface area (Å²) >= 11 is 3.71. The third-order valence-corrected chi connectivity index (χ3v) is 5.67. The topological polar surface area (TPSA) is 0 Å². The van der Waals surface area contributed by atoms with Gasteiger partial charge < -0.3 is 0 Å². The van der Waals surface area contributed by atoms with Crippen molar-refractivity contribution in [3.05, 3.63) is 47.2 Å². The fraction of sp³-hybridized carbons (Fsp3) is 0.111. The van der Waals surface area contributed by atoms with E-state index in [1.165, 1.54) is 41.7 Å². The predicted octanol–water partition coefficient (Wildman–Crippen LogP) is 6.89. The van der Waals surface area contributed by atoms with Gasteiger partial charge >= 0.3 is 0 Å². The van der Waals surface area contributed by atoms with Crippen LogP contribution in [-0.2, 0) is 0 Å². The molecule has 2 heteroatoms. The second-order valence-electron chi connectivity index (χ2n) is 4.66. The molecule has 0 aliphatic carbocycles. The summed E-state index contributed by atoms with van der Waals surface area (Å²) in [7, 11) is 0. The van der Waals surface area contributed by atoms with Crippen LogP contribution < -0.4 is 0 Å². The molecule has 0 saturated heterocycles. The van der Waals surface area contributed by atoms with Crippen LogP contribution in [0.1, 0.15) is 13.8 Å². The third-order valence-electron chi connectivity index (χ3n) is 3.78. The zero-order valence-corrected chi connectivity index (χ0v) is 13.1. The number of rotatable bonds is 0. The maximum absolute atomic E-state index is 2.31. The van der Waals surface area contributed by atoms with E-state index in [-0.39, 0.29) is 0 Å². The molecule has 0 amide bonds. The number of hydrogen-bond donors (Lipinski definition) is 0. The molecule has 0 atom stereocenters. The van der Waals surface area contributed by atoms with Gasteiger partial charge in [0.1, 0.15) is 0 Å². The quantitative estimate of drug-likeness (QED) is 0.273. The second-order valence-corrected chi connectivity index (χ2v) is 6.48. The zero-order chi connectivity index (χ0) is 13.7. The molecule has 0 aliphatic rings. The maximum Gasteiger partial charge on any atom is 0.0355 e. The molecule has 20 heavy (non-hydrogen) atoms. The van der Waals surface area contributed by atoms with E-state index in [4.69, 9.17) is 0 Å². The lowest BCUT2D eigenvalue weighted by Gasteiger charge is -2.05. The first-order chi connectivity index (χ1) is 9.93. The summed E-state index contributed by atoms with van der Waals surface area (Å²) in [6.45, 7) is 4.00. The highest BCUT2D eigenvalue weighted by molar-refractivity contribution is 7.19. The molecular formula is C18H14S2. The van der Waals surface area contributed by atoms with Crippen molar-refractivity contribution >= 4 is 64.4 Å². The van der Waals surface area contributed by atoms with Crippen LogP contribution in [0.4, 0.5) is 0 Å². The van der Waals surface area contributed by atoms with Crippen LogP contribution in [0, 0.1) is 0 Å². The first-order valence-electron chi connectivity index (χ1n) is 6.95. The highest BCUT2D eigenvalue weighted by atomic mass is 32.1. The molecule has 0 radical (unpaired) electrons. The normalized spacial score (nSPS) is 11.5. The third kappa shape index (κ3) is 1.41. The Kier molecular flexibility index (Phi) is 2.69. The summed E-state index contributed by atoms with van der Waals surface area (Å²) < 4.78 is 2.80. The first kappa shape index (κ1) is 12.1. The maximum atomic E-state index is 2.31. The fourth-order valence-corrected chi connectivity index (χ4v) is 4.99. The van der Waals surface area contributed by atoms with Crippen molar-refractivity contribution in [2.24, 2.45) is 0 Å². The standard InChI is InChI=1S/C16H8S2.C2H6/c1-3-9-11-7-18-14-6-2-4-10(16(11)14)12-8-17-13(5-1)15(9)12;1-2/h1-8H;1-2H3. The molecule has 0 fully saturated rings. The molecule has 5 aromatic rings. The smallest absolute Gasteiger partial charge is 0.0355 e. The van der Waals surface area contributed by atoms with Crippen molar-refractivity contribution in [3.8, 4) is 0 Å². The van der Waals surface area contributed by atoms with Gasteiger partial charge in [-0.15, -0.1) is 22.7 Å². The Morgan fingerprint density at radius 1 is 0.600 bits per heavy atom. The molecule has 0 bridgehead atoms. The summed E-state index contributed by atoms with van der Waals surface area (Å²) in [4.78, 5) is 0. The minimum atomic E-state index is 1.40. The molecule has 3 aromatic carbocycles. The van der Waals surface area contributed by atoms with Gasteiger partial charge in [-0.3, -0.25) is 0 Å². The largest absolute Gasteiger partial charge is 0.143 e. The fourth-order valence-electron chi connectivity index (χ4n) is 3.02. The Bertz CT molecular complexity index is 932. The average Bonchev–Trinajstić information content (AvgIpc) is 3.13. The highest BCUT2D eigenvalue weighted by Gasteiger charge is 2.14. The SMILES string of the molecule is CC.c1cc2scc3c4cccc5scc(c(c1)c23)c54. The lowest BCUT2D eigenvalue weighted by molar-refractivity contribution is 1.50. The molecule has 0 N–H and O–H groups in total. The predicted molar refractivity (Wildman–Crippen MR) is 94.8 cm³/mol. The van der Waals surface area contributed by atoms with E-state index in [1.54, 1.807) is 0 Å². The van der Waals surface area contributed by atoms with Crippen LogP contribution in [0.2, 0.25) is 0 Å². The van der Waals surface area contributed by atoms with Crippen molar-refractivity contribution in [1.82, 2.24) is 0 Å². The number of benzene rings is 3. The molecule has 0 unspecified atom stereocenters. The summed E-state index contributed by atoms with van der Waals surface area (Å²) in [5.41, 5.74) is 0. The molecule has 0 aliphatic heterocycles. The summed E-state index contributed by atoms with van der Waals surface area (Å²) in [5, 5.41) is 13.2. The molecule has 0 spiro atoms. The van der Waals surface area contributed by atoms with Crippen molar-refractivity contribution in [3.63, 3.8) is 0 Å². The van der Waals surface area contributed by atoms with Gasteiger partial charge in [-0.1, -0.05) is 38.1 Å². The minimum Gasteiger partial charge on any atom is -0.143 e. The lowest BCUT2D eigenvalue weighted by atomic mass is 9.97. The Labute approximate surface area is 125 Å².